The minimum Gasteiger partial charge on any atom is -0.468 e. The van der Waals surface area contributed by atoms with Crippen LogP contribution in [0.5, 0.6) is 0 Å². The molecule has 0 radical (unpaired) electrons. The second-order valence-corrected chi connectivity index (χ2v) is 5.33. The number of ether oxygens (including phenoxy) is 1. The van der Waals surface area contributed by atoms with Crippen LogP contribution in [0.15, 0.2) is 0 Å². The summed E-state index contributed by atoms with van der Waals surface area (Å²) >= 11 is 0. The van der Waals surface area contributed by atoms with Gasteiger partial charge in [0.25, 0.3) is 0 Å². The van der Waals surface area contributed by atoms with Gasteiger partial charge < -0.3 is 10.1 Å². The van der Waals surface area contributed by atoms with Crippen molar-refractivity contribution in [3.05, 3.63) is 0 Å². The summed E-state index contributed by atoms with van der Waals surface area (Å²) in [6.07, 6.45) is 0.496. The molecule has 0 aliphatic rings. The Hall–Kier alpha value is -0.620. The third-order valence-electron chi connectivity index (χ3n) is 1.92. The minimum atomic E-state index is -3.31. The van der Waals surface area contributed by atoms with Crippen LogP contribution in [-0.2, 0) is 19.4 Å². The van der Waals surface area contributed by atoms with E-state index in [1.807, 2.05) is 6.92 Å². The van der Waals surface area contributed by atoms with Gasteiger partial charge >= 0.3 is 5.97 Å². The summed E-state index contributed by atoms with van der Waals surface area (Å²) in [6, 6.07) is 0.127. The lowest BCUT2D eigenvalue weighted by Crippen LogP contribution is -2.27. The van der Waals surface area contributed by atoms with Gasteiger partial charge in [0.05, 0.1) is 12.9 Å². The van der Waals surface area contributed by atoms with Crippen LogP contribution in [0.4, 0.5) is 0 Å². The number of hydrogen-bond donors (Lipinski definition) is 1. The highest BCUT2D eigenvalue weighted by Gasteiger charge is 2.17. The van der Waals surface area contributed by atoms with Crippen LogP contribution in [-0.4, -0.2) is 46.1 Å². The lowest BCUT2D eigenvalue weighted by Gasteiger charge is -2.09. The third-order valence-corrected chi connectivity index (χ3v) is 3.45. The number of methoxy groups -OCH3 is 1. The maximum Gasteiger partial charge on any atom is 0.320 e. The topological polar surface area (TPSA) is 72.5 Å². The summed E-state index contributed by atoms with van der Waals surface area (Å²) in [5, 5.41) is 2.92. The summed E-state index contributed by atoms with van der Waals surface area (Å²) in [4.78, 5) is 10.7. The molecule has 5 nitrogen and oxygen atoms in total. The molecular weight excluding hydrogens is 206 g/mol. The van der Waals surface area contributed by atoms with Gasteiger partial charge in [-0.25, -0.2) is 8.42 Å². The van der Waals surface area contributed by atoms with Crippen molar-refractivity contribution in [1.82, 2.24) is 5.32 Å². The fourth-order valence-electron chi connectivity index (χ4n) is 0.811. The van der Waals surface area contributed by atoms with Crippen LogP contribution in [0.1, 0.15) is 13.3 Å². The second-order valence-electron chi connectivity index (χ2n) is 3.15. The van der Waals surface area contributed by atoms with E-state index in [9.17, 15) is 13.2 Å². The van der Waals surface area contributed by atoms with Crippen LogP contribution in [0.3, 0.4) is 0 Å². The summed E-state index contributed by atoms with van der Waals surface area (Å²) < 4.78 is 26.9. The molecule has 0 amide bonds. The summed E-state index contributed by atoms with van der Waals surface area (Å²) in [6.45, 7) is 1.88. The van der Waals surface area contributed by atoms with Crippen LogP contribution in [0.25, 0.3) is 0 Å². The predicted octanol–water partition coefficient (Wildman–Crippen LogP) is -0.428. The zero-order valence-electron chi connectivity index (χ0n) is 8.74. The molecule has 0 heterocycles. The van der Waals surface area contributed by atoms with Crippen LogP contribution in [0.2, 0.25) is 0 Å². The number of nitrogens with one attached hydrogen (secondary N) is 1. The van der Waals surface area contributed by atoms with E-state index in [1.54, 1.807) is 7.05 Å². The first-order valence-corrected chi connectivity index (χ1v) is 6.18. The van der Waals surface area contributed by atoms with Crippen molar-refractivity contribution in [3.63, 3.8) is 0 Å². The predicted molar refractivity (Wildman–Crippen MR) is 53.8 cm³/mol. The van der Waals surface area contributed by atoms with Gasteiger partial charge in [-0.3, -0.25) is 4.79 Å². The average Bonchev–Trinajstić information content (AvgIpc) is 2.13. The Kier molecular flexibility index (Phi) is 5.71. The van der Waals surface area contributed by atoms with E-state index in [0.29, 0.717) is 6.42 Å². The van der Waals surface area contributed by atoms with Crippen molar-refractivity contribution < 1.29 is 17.9 Å². The highest BCUT2D eigenvalue weighted by Crippen LogP contribution is 1.98. The van der Waals surface area contributed by atoms with E-state index in [4.69, 9.17) is 0 Å². The van der Waals surface area contributed by atoms with Crippen molar-refractivity contribution in [2.24, 2.45) is 0 Å². The molecule has 0 rings (SSSR count). The lowest BCUT2D eigenvalue weighted by molar-refractivity contribution is -0.137. The van der Waals surface area contributed by atoms with Crippen LogP contribution >= 0.6 is 0 Å². The maximum atomic E-state index is 11.3. The van der Waals surface area contributed by atoms with E-state index in [2.05, 4.69) is 10.1 Å². The SMILES string of the molecule is CNC(C)CCS(=O)(=O)CC(=O)OC. The standard InChI is InChI=1S/C8H17NO4S/c1-7(9-2)4-5-14(11,12)6-8(10)13-3/h7,9H,4-6H2,1-3H3. The van der Waals surface area contributed by atoms with Crippen molar-refractivity contribution in [2.45, 2.75) is 19.4 Å². The van der Waals surface area contributed by atoms with Crippen molar-refractivity contribution in [2.75, 3.05) is 25.7 Å². The van der Waals surface area contributed by atoms with Gasteiger partial charge in [-0.2, -0.15) is 0 Å². The number of hydrogen-bond acceptors (Lipinski definition) is 5. The molecule has 0 aromatic carbocycles. The zero-order chi connectivity index (χ0) is 11.2. The van der Waals surface area contributed by atoms with Crippen LogP contribution in [0, 0.1) is 0 Å². The Balaban J connectivity index is 4.03. The molecule has 0 aromatic rings. The normalized spacial score (nSPS) is 13.6. The van der Waals surface area contributed by atoms with Gasteiger partial charge in [0.1, 0.15) is 5.75 Å². The molecule has 1 atom stereocenters. The first kappa shape index (κ1) is 13.4. The molecule has 1 N–H and O–H groups in total. The second kappa shape index (κ2) is 5.98. The van der Waals surface area contributed by atoms with Gasteiger partial charge in [-0.05, 0) is 20.4 Å². The molecule has 1 unspecified atom stereocenters. The Morgan fingerprint density at radius 1 is 1.50 bits per heavy atom. The van der Waals surface area contributed by atoms with Gasteiger partial charge in [0.15, 0.2) is 9.84 Å². The molecule has 0 spiro atoms. The molecule has 6 heteroatoms. The highest BCUT2D eigenvalue weighted by molar-refractivity contribution is 7.92. The summed E-state index contributed by atoms with van der Waals surface area (Å²) in [7, 11) is -0.376. The molecule has 0 saturated carbocycles. The number of carbonyl (C=O) groups is 1. The largest absolute Gasteiger partial charge is 0.468 e. The average molecular weight is 223 g/mol. The Labute approximate surface area is 84.7 Å². The fraction of sp³-hybridized carbons (Fsp3) is 0.875. The fourth-order valence-corrected chi connectivity index (χ4v) is 2.15. The summed E-state index contributed by atoms with van der Waals surface area (Å²) in [5.74, 6) is -1.23. The highest BCUT2D eigenvalue weighted by atomic mass is 32.2. The molecule has 84 valence electrons. The van der Waals surface area contributed by atoms with E-state index in [-0.39, 0.29) is 11.8 Å². The van der Waals surface area contributed by atoms with E-state index in [0.717, 1.165) is 0 Å². The Bertz CT molecular complexity index is 273. The Morgan fingerprint density at radius 2 is 2.07 bits per heavy atom. The number of sulfone groups is 1. The lowest BCUT2D eigenvalue weighted by atomic mass is 10.3. The monoisotopic (exact) mass is 223 g/mol. The van der Waals surface area contributed by atoms with E-state index in [1.165, 1.54) is 7.11 Å². The van der Waals surface area contributed by atoms with E-state index >= 15 is 0 Å². The van der Waals surface area contributed by atoms with Gasteiger partial charge in [-0.15, -0.1) is 0 Å². The molecule has 0 fully saturated rings. The molecular formula is C8H17NO4S. The smallest absolute Gasteiger partial charge is 0.320 e. The first-order valence-electron chi connectivity index (χ1n) is 4.36. The quantitative estimate of drug-likeness (QED) is 0.619. The molecule has 0 aliphatic carbocycles. The van der Waals surface area contributed by atoms with Crippen molar-refractivity contribution >= 4 is 15.8 Å². The maximum absolute atomic E-state index is 11.3. The molecule has 0 saturated heterocycles. The first-order chi connectivity index (χ1) is 6.41. The van der Waals surface area contributed by atoms with Gasteiger partial charge in [0, 0.05) is 6.04 Å². The van der Waals surface area contributed by atoms with Crippen molar-refractivity contribution in [1.29, 1.82) is 0 Å². The molecule has 14 heavy (non-hydrogen) atoms. The Morgan fingerprint density at radius 3 is 2.50 bits per heavy atom. The van der Waals surface area contributed by atoms with Crippen LogP contribution < -0.4 is 5.32 Å². The van der Waals surface area contributed by atoms with E-state index < -0.39 is 21.6 Å². The van der Waals surface area contributed by atoms with Crippen molar-refractivity contribution in [3.8, 4) is 0 Å². The molecule has 0 aliphatic heterocycles. The number of esters is 1. The molecule has 0 bridgehead atoms. The third kappa shape index (κ3) is 5.93. The molecule has 0 aromatic heterocycles. The number of carbonyl (C=O) groups excluding carboxylic acids is 1. The minimum absolute atomic E-state index is 0.00407. The van der Waals surface area contributed by atoms with Gasteiger partial charge in [-0.1, -0.05) is 0 Å². The van der Waals surface area contributed by atoms with Gasteiger partial charge in [0.2, 0.25) is 0 Å². The zero-order valence-corrected chi connectivity index (χ0v) is 9.56. The summed E-state index contributed by atoms with van der Waals surface area (Å²) in [5.41, 5.74) is 0. The number of rotatable bonds is 6.